The number of Topliss-reactive ketones (excluding diaryl/α,β-unsaturated/α-hetero) is 1. The Bertz CT molecular complexity index is 411. The quantitative estimate of drug-likeness (QED) is 0.542. The first kappa shape index (κ1) is 12.0. The lowest BCUT2D eigenvalue weighted by Crippen LogP contribution is -2.23. The molecule has 0 bridgehead atoms. The van der Waals surface area contributed by atoms with E-state index in [2.05, 4.69) is 0 Å². The summed E-state index contributed by atoms with van der Waals surface area (Å²) in [6.07, 6.45) is -5.10. The molecule has 0 radical (unpaired) electrons. The van der Waals surface area contributed by atoms with Crippen molar-refractivity contribution in [1.82, 2.24) is 0 Å². The number of ketones is 1. The first-order chi connectivity index (χ1) is 6.73. The Kier molecular flexibility index (Phi) is 3.04. The number of aryl methyl sites for hydroxylation is 1. The molecule has 1 aromatic rings. The number of halogens is 5. The van der Waals surface area contributed by atoms with Gasteiger partial charge in [-0.2, -0.15) is 13.2 Å². The van der Waals surface area contributed by atoms with Crippen molar-refractivity contribution in [3.8, 4) is 0 Å². The number of benzene rings is 1. The molecule has 15 heavy (non-hydrogen) atoms. The van der Waals surface area contributed by atoms with Gasteiger partial charge in [0.1, 0.15) is 5.82 Å². The zero-order chi connectivity index (χ0) is 11.8. The van der Waals surface area contributed by atoms with E-state index in [0.717, 1.165) is 6.07 Å². The summed E-state index contributed by atoms with van der Waals surface area (Å²) < 4.78 is 49.0. The van der Waals surface area contributed by atoms with Crippen LogP contribution in [0.3, 0.4) is 0 Å². The Morgan fingerprint density at radius 1 is 1.33 bits per heavy atom. The molecule has 1 aromatic carbocycles. The zero-order valence-corrected chi connectivity index (χ0v) is 8.21. The van der Waals surface area contributed by atoms with Crippen molar-refractivity contribution in [2.45, 2.75) is 13.1 Å². The van der Waals surface area contributed by atoms with E-state index in [1.54, 1.807) is 0 Å². The summed E-state index contributed by atoms with van der Waals surface area (Å²) in [7, 11) is 0. The molecule has 0 saturated heterocycles. The van der Waals surface area contributed by atoms with E-state index in [1.807, 2.05) is 0 Å². The van der Waals surface area contributed by atoms with Gasteiger partial charge in [-0.25, -0.2) is 4.39 Å². The van der Waals surface area contributed by atoms with Crippen LogP contribution >= 0.6 is 11.6 Å². The van der Waals surface area contributed by atoms with Crippen LogP contribution in [0.25, 0.3) is 0 Å². The number of alkyl halides is 3. The SMILES string of the molecule is Cc1cc(F)c(C(=O)C(F)(F)F)cc1Cl. The fraction of sp³-hybridized carbons (Fsp3) is 0.222. The molecule has 0 atom stereocenters. The van der Waals surface area contributed by atoms with Gasteiger partial charge in [-0.1, -0.05) is 11.6 Å². The fourth-order valence-electron chi connectivity index (χ4n) is 0.973. The van der Waals surface area contributed by atoms with E-state index in [1.165, 1.54) is 6.92 Å². The molecule has 0 unspecified atom stereocenters. The van der Waals surface area contributed by atoms with Crippen molar-refractivity contribution in [2.24, 2.45) is 0 Å². The van der Waals surface area contributed by atoms with Gasteiger partial charge >= 0.3 is 6.18 Å². The molecular weight excluding hydrogens is 236 g/mol. The van der Waals surface area contributed by atoms with Gasteiger partial charge in [0, 0.05) is 5.02 Å². The van der Waals surface area contributed by atoms with Crippen LogP contribution in [0, 0.1) is 12.7 Å². The highest BCUT2D eigenvalue weighted by Crippen LogP contribution is 2.26. The summed E-state index contributed by atoms with van der Waals surface area (Å²) in [5.74, 6) is -3.46. The van der Waals surface area contributed by atoms with Gasteiger partial charge in [-0.3, -0.25) is 4.79 Å². The third-order valence-electron chi connectivity index (χ3n) is 1.75. The maximum atomic E-state index is 13.0. The van der Waals surface area contributed by atoms with E-state index in [9.17, 15) is 22.4 Å². The molecule has 0 aliphatic heterocycles. The molecule has 0 aliphatic rings. The van der Waals surface area contributed by atoms with Gasteiger partial charge in [0.25, 0.3) is 5.78 Å². The zero-order valence-electron chi connectivity index (χ0n) is 7.45. The standard InChI is InChI=1S/C9H5ClF4O/c1-4-2-7(11)5(3-6(4)10)8(15)9(12,13)14/h2-3H,1H3. The summed E-state index contributed by atoms with van der Waals surface area (Å²) in [5, 5.41) is -0.0796. The summed E-state index contributed by atoms with van der Waals surface area (Å²) in [6, 6.07) is 1.48. The Labute approximate surface area is 87.7 Å². The van der Waals surface area contributed by atoms with Gasteiger partial charge in [0.2, 0.25) is 0 Å². The largest absolute Gasteiger partial charge is 0.454 e. The molecular formula is C9H5ClF4O. The summed E-state index contributed by atoms with van der Waals surface area (Å²) >= 11 is 5.49. The topological polar surface area (TPSA) is 17.1 Å². The van der Waals surface area contributed by atoms with Crippen molar-refractivity contribution >= 4 is 17.4 Å². The van der Waals surface area contributed by atoms with Crippen molar-refractivity contribution in [2.75, 3.05) is 0 Å². The molecule has 82 valence electrons. The van der Waals surface area contributed by atoms with Crippen molar-refractivity contribution in [3.63, 3.8) is 0 Å². The van der Waals surface area contributed by atoms with Gasteiger partial charge in [-0.15, -0.1) is 0 Å². The lowest BCUT2D eigenvalue weighted by molar-refractivity contribution is -0.0887. The molecule has 0 heterocycles. The summed E-state index contributed by atoms with van der Waals surface area (Å²) in [5.41, 5.74) is -0.786. The molecule has 0 amide bonds. The molecule has 0 saturated carbocycles. The normalized spacial score (nSPS) is 11.6. The highest BCUT2D eigenvalue weighted by Gasteiger charge is 2.40. The highest BCUT2D eigenvalue weighted by atomic mass is 35.5. The number of carbonyl (C=O) groups is 1. The minimum atomic E-state index is -5.10. The average Bonchev–Trinajstić information content (AvgIpc) is 2.08. The fourth-order valence-corrected chi connectivity index (χ4v) is 1.14. The first-order valence-corrected chi connectivity index (χ1v) is 4.18. The molecule has 1 rings (SSSR count). The molecule has 1 nitrogen and oxygen atoms in total. The molecule has 0 fully saturated rings. The van der Waals surface area contributed by atoms with E-state index >= 15 is 0 Å². The Balaban J connectivity index is 3.28. The van der Waals surface area contributed by atoms with Crippen LogP contribution in [0.1, 0.15) is 15.9 Å². The number of carbonyl (C=O) groups excluding carboxylic acids is 1. The van der Waals surface area contributed by atoms with Crippen LogP contribution < -0.4 is 0 Å². The molecule has 0 N–H and O–H groups in total. The van der Waals surface area contributed by atoms with E-state index in [-0.39, 0.29) is 10.6 Å². The van der Waals surface area contributed by atoms with Crippen molar-refractivity contribution in [3.05, 3.63) is 34.1 Å². The number of hydrogen-bond acceptors (Lipinski definition) is 1. The van der Waals surface area contributed by atoms with Crippen molar-refractivity contribution < 1.29 is 22.4 Å². The summed E-state index contributed by atoms with van der Waals surface area (Å²) in [6.45, 7) is 1.42. The van der Waals surface area contributed by atoms with Crippen LogP contribution in [0.15, 0.2) is 12.1 Å². The molecule has 0 aliphatic carbocycles. The average molecular weight is 241 g/mol. The van der Waals surface area contributed by atoms with E-state index in [4.69, 9.17) is 11.6 Å². The Hall–Kier alpha value is -1.10. The Morgan fingerprint density at radius 2 is 1.87 bits per heavy atom. The van der Waals surface area contributed by atoms with Crippen molar-refractivity contribution in [1.29, 1.82) is 0 Å². The van der Waals surface area contributed by atoms with Gasteiger partial charge in [-0.05, 0) is 24.6 Å². The summed E-state index contributed by atoms with van der Waals surface area (Å²) in [4.78, 5) is 10.7. The monoisotopic (exact) mass is 240 g/mol. The van der Waals surface area contributed by atoms with Crippen LogP contribution in [-0.4, -0.2) is 12.0 Å². The third kappa shape index (κ3) is 2.47. The molecule has 0 spiro atoms. The lowest BCUT2D eigenvalue weighted by atomic mass is 10.1. The van der Waals surface area contributed by atoms with Gasteiger partial charge in [0.15, 0.2) is 0 Å². The van der Waals surface area contributed by atoms with E-state index < -0.39 is 23.3 Å². The predicted molar refractivity (Wildman–Crippen MR) is 46.5 cm³/mol. The molecule has 6 heteroatoms. The van der Waals surface area contributed by atoms with Gasteiger partial charge < -0.3 is 0 Å². The Morgan fingerprint density at radius 3 is 2.33 bits per heavy atom. The maximum absolute atomic E-state index is 13.0. The molecule has 0 aromatic heterocycles. The second-order valence-electron chi connectivity index (χ2n) is 2.91. The smallest absolute Gasteiger partial charge is 0.284 e. The van der Waals surface area contributed by atoms with Gasteiger partial charge in [0.05, 0.1) is 5.56 Å². The second-order valence-corrected chi connectivity index (χ2v) is 3.32. The number of hydrogen-bond donors (Lipinski definition) is 0. The maximum Gasteiger partial charge on any atom is 0.454 e. The van der Waals surface area contributed by atoms with E-state index in [0.29, 0.717) is 6.07 Å². The van der Waals surface area contributed by atoms with Crippen LogP contribution in [0.5, 0.6) is 0 Å². The first-order valence-electron chi connectivity index (χ1n) is 3.80. The van der Waals surface area contributed by atoms with Crippen LogP contribution in [0.2, 0.25) is 5.02 Å². The number of rotatable bonds is 1. The lowest BCUT2D eigenvalue weighted by Gasteiger charge is -2.07. The minimum Gasteiger partial charge on any atom is -0.284 e. The predicted octanol–water partition coefficient (Wildman–Crippen LogP) is 3.53. The minimum absolute atomic E-state index is 0.0796. The van der Waals surface area contributed by atoms with Crippen LogP contribution in [-0.2, 0) is 0 Å². The van der Waals surface area contributed by atoms with Crippen LogP contribution in [0.4, 0.5) is 17.6 Å². The second kappa shape index (κ2) is 3.81. The third-order valence-corrected chi connectivity index (χ3v) is 2.16. The highest BCUT2D eigenvalue weighted by molar-refractivity contribution is 6.31.